The number of likely N-dealkylation sites (tertiary alicyclic amines) is 1. The molecule has 1 aliphatic rings. The molecule has 2 heteroatoms. The SMILES string of the molecule is CCCC(C(=O)N1CCC1)c1ccccc1. The minimum absolute atomic E-state index is 0.0755. The van der Waals surface area contributed by atoms with Crippen molar-refractivity contribution in [3.05, 3.63) is 35.9 Å². The van der Waals surface area contributed by atoms with Gasteiger partial charge in [-0.15, -0.1) is 0 Å². The third-order valence-corrected chi connectivity index (χ3v) is 3.25. The van der Waals surface area contributed by atoms with Gasteiger partial charge in [-0.25, -0.2) is 0 Å². The predicted molar refractivity (Wildman–Crippen MR) is 65.3 cm³/mol. The number of hydrogen-bond acceptors (Lipinski definition) is 1. The lowest BCUT2D eigenvalue weighted by Gasteiger charge is -2.34. The largest absolute Gasteiger partial charge is 0.342 e. The fraction of sp³-hybridized carbons (Fsp3) is 0.500. The number of carbonyl (C=O) groups excluding carboxylic acids is 1. The minimum atomic E-state index is 0.0755. The molecule has 0 aliphatic carbocycles. The van der Waals surface area contributed by atoms with E-state index in [1.54, 1.807) is 0 Å². The molecule has 1 aliphatic heterocycles. The van der Waals surface area contributed by atoms with Gasteiger partial charge in [-0.2, -0.15) is 0 Å². The third-order valence-electron chi connectivity index (χ3n) is 3.25. The molecule has 0 aromatic heterocycles. The van der Waals surface area contributed by atoms with Crippen molar-refractivity contribution in [1.29, 1.82) is 0 Å². The number of carbonyl (C=O) groups is 1. The average molecular weight is 217 g/mol. The highest BCUT2D eigenvalue weighted by atomic mass is 16.2. The molecule has 1 fully saturated rings. The van der Waals surface area contributed by atoms with E-state index in [-0.39, 0.29) is 5.92 Å². The molecule has 0 radical (unpaired) electrons. The molecule has 2 rings (SSSR count). The first-order valence-corrected chi connectivity index (χ1v) is 6.16. The Labute approximate surface area is 97.3 Å². The molecule has 86 valence electrons. The maximum absolute atomic E-state index is 12.2. The van der Waals surface area contributed by atoms with Crippen molar-refractivity contribution in [2.45, 2.75) is 32.1 Å². The normalized spacial score (nSPS) is 16.7. The van der Waals surface area contributed by atoms with Crippen LogP contribution in [0.25, 0.3) is 0 Å². The van der Waals surface area contributed by atoms with Gasteiger partial charge in [-0.1, -0.05) is 43.7 Å². The Morgan fingerprint density at radius 2 is 2.00 bits per heavy atom. The Balaban J connectivity index is 2.13. The van der Waals surface area contributed by atoms with E-state index in [0.29, 0.717) is 5.91 Å². The van der Waals surface area contributed by atoms with Crippen LogP contribution in [0.15, 0.2) is 30.3 Å². The lowest BCUT2D eigenvalue weighted by molar-refractivity contribution is -0.136. The fourth-order valence-electron chi connectivity index (χ4n) is 2.16. The molecule has 0 spiro atoms. The summed E-state index contributed by atoms with van der Waals surface area (Å²) in [5.74, 6) is 0.394. The van der Waals surface area contributed by atoms with Crippen molar-refractivity contribution in [3.8, 4) is 0 Å². The van der Waals surface area contributed by atoms with E-state index in [0.717, 1.165) is 25.9 Å². The summed E-state index contributed by atoms with van der Waals surface area (Å²) in [7, 11) is 0. The van der Waals surface area contributed by atoms with E-state index < -0.39 is 0 Å². The summed E-state index contributed by atoms with van der Waals surface area (Å²) in [4.78, 5) is 14.2. The van der Waals surface area contributed by atoms with Crippen LogP contribution in [0.5, 0.6) is 0 Å². The van der Waals surface area contributed by atoms with E-state index in [9.17, 15) is 4.79 Å². The molecule has 1 unspecified atom stereocenters. The van der Waals surface area contributed by atoms with Crippen LogP contribution in [-0.2, 0) is 4.79 Å². The smallest absolute Gasteiger partial charge is 0.230 e. The van der Waals surface area contributed by atoms with Gasteiger partial charge >= 0.3 is 0 Å². The Kier molecular flexibility index (Phi) is 3.60. The van der Waals surface area contributed by atoms with Gasteiger partial charge in [-0.05, 0) is 18.4 Å². The topological polar surface area (TPSA) is 20.3 Å². The fourth-order valence-corrected chi connectivity index (χ4v) is 2.16. The van der Waals surface area contributed by atoms with Crippen LogP contribution in [0.2, 0.25) is 0 Å². The molecule has 1 saturated heterocycles. The van der Waals surface area contributed by atoms with Crippen molar-refractivity contribution < 1.29 is 4.79 Å². The highest BCUT2D eigenvalue weighted by Gasteiger charge is 2.28. The molecule has 1 amide bonds. The summed E-state index contributed by atoms with van der Waals surface area (Å²) in [5, 5.41) is 0. The van der Waals surface area contributed by atoms with Gasteiger partial charge in [0.1, 0.15) is 0 Å². The first kappa shape index (κ1) is 11.2. The number of hydrogen-bond donors (Lipinski definition) is 0. The highest BCUT2D eigenvalue weighted by molar-refractivity contribution is 5.84. The van der Waals surface area contributed by atoms with Crippen LogP contribution < -0.4 is 0 Å². The van der Waals surface area contributed by atoms with E-state index >= 15 is 0 Å². The van der Waals surface area contributed by atoms with Crippen molar-refractivity contribution >= 4 is 5.91 Å². The molecule has 1 atom stereocenters. The van der Waals surface area contributed by atoms with Crippen LogP contribution in [0.3, 0.4) is 0 Å². The van der Waals surface area contributed by atoms with Gasteiger partial charge in [0.25, 0.3) is 0 Å². The van der Waals surface area contributed by atoms with Crippen LogP contribution in [-0.4, -0.2) is 23.9 Å². The van der Waals surface area contributed by atoms with Crippen LogP contribution in [0.1, 0.15) is 37.7 Å². The summed E-state index contributed by atoms with van der Waals surface area (Å²) >= 11 is 0. The van der Waals surface area contributed by atoms with Crippen LogP contribution in [0, 0.1) is 0 Å². The van der Waals surface area contributed by atoms with Crippen LogP contribution in [0.4, 0.5) is 0 Å². The zero-order valence-corrected chi connectivity index (χ0v) is 9.86. The Hall–Kier alpha value is -1.31. The minimum Gasteiger partial charge on any atom is -0.342 e. The van der Waals surface area contributed by atoms with Crippen molar-refractivity contribution in [2.24, 2.45) is 0 Å². The van der Waals surface area contributed by atoms with Gasteiger partial charge in [0.15, 0.2) is 0 Å². The molecule has 1 aromatic rings. The molecule has 0 bridgehead atoms. The second-order valence-corrected chi connectivity index (χ2v) is 4.43. The number of rotatable bonds is 4. The number of benzene rings is 1. The highest BCUT2D eigenvalue weighted by Crippen LogP contribution is 2.25. The van der Waals surface area contributed by atoms with Crippen molar-refractivity contribution in [2.75, 3.05) is 13.1 Å². The Morgan fingerprint density at radius 1 is 1.31 bits per heavy atom. The van der Waals surface area contributed by atoms with E-state index in [4.69, 9.17) is 0 Å². The third kappa shape index (κ3) is 2.26. The zero-order valence-electron chi connectivity index (χ0n) is 9.86. The molecule has 1 aromatic carbocycles. The van der Waals surface area contributed by atoms with Crippen LogP contribution >= 0.6 is 0 Å². The molecular weight excluding hydrogens is 198 g/mol. The zero-order chi connectivity index (χ0) is 11.4. The van der Waals surface area contributed by atoms with Gasteiger partial charge in [-0.3, -0.25) is 4.79 Å². The van der Waals surface area contributed by atoms with E-state index in [2.05, 4.69) is 19.1 Å². The first-order valence-electron chi connectivity index (χ1n) is 6.16. The maximum atomic E-state index is 12.2. The standard InChI is InChI=1S/C14H19NO/c1-2-7-13(12-8-4-3-5-9-12)14(16)15-10-6-11-15/h3-5,8-9,13H,2,6-7,10-11H2,1H3. The maximum Gasteiger partial charge on any atom is 0.230 e. The first-order chi connectivity index (χ1) is 7.83. The summed E-state index contributed by atoms with van der Waals surface area (Å²) in [5.41, 5.74) is 1.17. The number of amides is 1. The lowest BCUT2D eigenvalue weighted by atomic mass is 9.92. The molecule has 1 heterocycles. The van der Waals surface area contributed by atoms with Gasteiger partial charge in [0.2, 0.25) is 5.91 Å². The molecule has 0 N–H and O–H groups in total. The van der Waals surface area contributed by atoms with Gasteiger partial charge < -0.3 is 4.90 Å². The Morgan fingerprint density at radius 3 is 2.50 bits per heavy atom. The predicted octanol–water partition coefficient (Wildman–Crippen LogP) is 2.80. The van der Waals surface area contributed by atoms with E-state index in [1.165, 1.54) is 12.0 Å². The van der Waals surface area contributed by atoms with Crippen molar-refractivity contribution in [3.63, 3.8) is 0 Å². The molecule has 0 saturated carbocycles. The summed E-state index contributed by atoms with van der Waals surface area (Å²) < 4.78 is 0. The quantitative estimate of drug-likeness (QED) is 0.759. The monoisotopic (exact) mass is 217 g/mol. The molecular formula is C14H19NO. The van der Waals surface area contributed by atoms with Gasteiger partial charge in [0, 0.05) is 13.1 Å². The Bertz CT molecular complexity index is 343. The summed E-state index contributed by atoms with van der Waals surface area (Å²) in [6.45, 7) is 4.04. The second-order valence-electron chi connectivity index (χ2n) is 4.43. The van der Waals surface area contributed by atoms with Crippen molar-refractivity contribution in [1.82, 2.24) is 4.90 Å². The average Bonchev–Trinajstić information content (AvgIpc) is 2.24. The van der Waals surface area contributed by atoms with E-state index in [1.807, 2.05) is 23.1 Å². The second kappa shape index (κ2) is 5.15. The molecule has 2 nitrogen and oxygen atoms in total. The summed E-state index contributed by atoms with van der Waals surface area (Å²) in [6, 6.07) is 10.2. The molecule has 16 heavy (non-hydrogen) atoms. The number of nitrogens with zero attached hydrogens (tertiary/aromatic N) is 1. The summed E-state index contributed by atoms with van der Waals surface area (Å²) in [6.07, 6.45) is 3.18. The van der Waals surface area contributed by atoms with Gasteiger partial charge in [0.05, 0.1) is 5.92 Å². The lowest BCUT2D eigenvalue weighted by Crippen LogP contribution is -2.44.